The van der Waals surface area contributed by atoms with Crippen molar-refractivity contribution in [1.82, 2.24) is 0 Å². The van der Waals surface area contributed by atoms with E-state index in [2.05, 4.69) is 15.9 Å². The van der Waals surface area contributed by atoms with Crippen molar-refractivity contribution >= 4 is 21.7 Å². The van der Waals surface area contributed by atoms with E-state index in [0.717, 1.165) is 16.8 Å². The molecule has 1 aromatic rings. The molecule has 1 aromatic carbocycles. The van der Waals surface area contributed by atoms with E-state index in [9.17, 15) is 4.79 Å². The first-order valence-electron chi connectivity index (χ1n) is 7.10. The Morgan fingerprint density at radius 3 is 2.53 bits per heavy atom. The van der Waals surface area contributed by atoms with Crippen molar-refractivity contribution in [2.45, 2.75) is 45.4 Å². The smallest absolute Gasteiger partial charge is 0.159 e. The molecule has 0 amide bonds. The maximum Gasteiger partial charge on any atom is 0.159 e. The minimum absolute atomic E-state index is 0.0796. The molecule has 104 valence electrons. The van der Waals surface area contributed by atoms with Gasteiger partial charge in [-0.05, 0) is 59.8 Å². The van der Waals surface area contributed by atoms with Gasteiger partial charge < -0.3 is 4.74 Å². The highest BCUT2D eigenvalue weighted by Crippen LogP contribution is 2.29. The zero-order valence-electron chi connectivity index (χ0n) is 11.5. The predicted octanol–water partition coefficient (Wildman–Crippen LogP) is 5.00. The van der Waals surface area contributed by atoms with Crippen LogP contribution in [0.1, 0.15) is 55.8 Å². The number of hydrogen-bond acceptors (Lipinski definition) is 2. The van der Waals surface area contributed by atoms with E-state index in [1.54, 1.807) is 6.92 Å². The third kappa shape index (κ3) is 4.34. The van der Waals surface area contributed by atoms with Crippen LogP contribution in [-0.2, 0) is 0 Å². The number of rotatable bonds is 4. The SMILES string of the molecule is CC(=O)c1ccc(OCC2CCCCCC2)c(Br)c1. The second-order valence-electron chi connectivity index (χ2n) is 5.37. The first-order chi connectivity index (χ1) is 9.16. The summed E-state index contributed by atoms with van der Waals surface area (Å²) in [5.41, 5.74) is 0.716. The van der Waals surface area contributed by atoms with Gasteiger partial charge >= 0.3 is 0 Å². The highest BCUT2D eigenvalue weighted by Gasteiger charge is 2.14. The predicted molar refractivity (Wildman–Crippen MR) is 80.8 cm³/mol. The van der Waals surface area contributed by atoms with E-state index in [1.807, 2.05) is 18.2 Å². The largest absolute Gasteiger partial charge is 0.492 e. The summed E-state index contributed by atoms with van der Waals surface area (Å²) in [6, 6.07) is 5.55. The molecule has 0 aromatic heterocycles. The van der Waals surface area contributed by atoms with Gasteiger partial charge in [-0.2, -0.15) is 0 Å². The lowest BCUT2D eigenvalue weighted by Crippen LogP contribution is -2.11. The van der Waals surface area contributed by atoms with Crippen molar-refractivity contribution in [1.29, 1.82) is 0 Å². The Balaban J connectivity index is 1.93. The Morgan fingerprint density at radius 1 is 1.26 bits per heavy atom. The fraction of sp³-hybridized carbons (Fsp3) is 0.562. The second-order valence-corrected chi connectivity index (χ2v) is 6.22. The van der Waals surface area contributed by atoms with Crippen molar-refractivity contribution in [2.24, 2.45) is 5.92 Å². The van der Waals surface area contributed by atoms with Crippen molar-refractivity contribution in [2.75, 3.05) is 6.61 Å². The summed E-state index contributed by atoms with van der Waals surface area (Å²) in [7, 11) is 0. The van der Waals surface area contributed by atoms with Gasteiger partial charge in [-0.25, -0.2) is 0 Å². The Morgan fingerprint density at radius 2 is 1.95 bits per heavy atom. The topological polar surface area (TPSA) is 26.3 Å². The van der Waals surface area contributed by atoms with Gasteiger partial charge in [0.05, 0.1) is 11.1 Å². The van der Waals surface area contributed by atoms with Gasteiger partial charge in [-0.3, -0.25) is 4.79 Å². The molecule has 0 aliphatic heterocycles. The highest BCUT2D eigenvalue weighted by molar-refractivity contribution is 9.10. The standard InChI is InChI=1S/C16H21BrO2/c1-12(18)14-8-9-16(15(17)10-14)19-11-13-6-4-2-3-5-7-13/h8-10,13H,2-7,11H2,1H3. The number of hydrogen-bond donors (Lipinski definition) is 0. The van der Waals surface area contributed by atoms with E-state index in [4.69, 9.17) is 4.74 Å². The third-order valence-electron chi connectivity index (χ3n) is 3.79. The van der Waals surface area contributed by atoms with Gasteiger partial charge in [0.2, 0.25) is 0 Å². The average molecular weight is 325 g/mol. The molecular formula is C16H21BrO2. The van der Waals surface area contributed by atoms with Crippen LogP contribution in [0.15, 0.2) is 22.7 Å². The van der Waals surface area contributed by atoms with Crippen molar-refractivity contribution in [3.63, 3.8) is 0 Å². The zero-order chi connectivity index (χ0) is 13.7. The van der Waals surface area contributed by atoms with Crippen molar-refractivity contribution in [3.05, 3.63) is 28.2 Å². The lowest BCUT2D eigenvalue weighted by molar-refractivity contribution is 0.101. The average Bonchev–Trinajstić information content (AvgIpc) is 2.65. The van der Waals surface area contributed by atoms with Gasteiger partial charge in [-0.1, -0.05) is 25.7 Å². The molecule has 2 nitrogen and oxygen atoms in total. The van der Waals surface area contributed by atoms with E-state index < -0.39 is 0 Å². The van der Waals surface area contributed by atoms with Crippen LogP contribution >= 0.6 is 15.9 Å². The summed E-state index contributed by atoms with van der Waals surface area (Å²) in [4.78, 5) is 11.3. The number of ether oxygens (including phenoxy) is 1. The molecule has 0 spiro atoms. The van der Waals surface area contributed by atoms with Crippen LogP contribution in [0.25, 0.3) is 0 Å². The zero-order valence-corrected chi connectivity index (χ0v) is 13.0. The van der Waals surface area contributed by atoms with Gasteiger partial charge in [0.15, 0.2) is 5.78 Å². The summed E-state index contributed by atoms with van der Waals surface area (Å²) >= 11 is 3.48. The molecule has 1 aliphatic carbocycles. The maximum absolute atomic E-state index is 11.3. The molecule has 0 saturated heterocycles. The molecule has 3 heteroatoms. The Hall–Kier alpha value is -0.830. The van der Waals surface area contributed by atoms with Crippen molar-refractivity contribution < 1.29 is 9.53 Å². The van der Waals surface area contributed by atoms with E-state index in [-0.39, 0.29) is 5.78 Å². The number of Topliss-reactive ketones (excluding diaryl/α,β-unsaturated/α-hetero) is 1. The molecule has 1 saturated carbocycles. The van der Waals surface area contributed by atoms with Crippen LogP contribution < -0.4 is 4.74 Å². The number of halogens is 1. The third-order valence-corrected chi connectivity index (χ3v) is 4.41. The molecule has 0 heterocycles. The molecule has 0 atom stereocenters. The molecule has 0 N–H and O–H groups in total. The summed E-state index contributed by atoms with van der Waals surface area (Å²) < 4.78 is 6.78. The van der Waals surface area contributed by atoms with Crippen LogP contribution in [0.4, 0.5) is 0 Å². The molecule has 19 heavy (non-hydrogen) atoms. The fourth-order valence-corrected chi connectivity index (χ4v) is 3.07. The van der Waals surface area contributed by atoms with E-state index in [0.29, 0.717) is 11.5 Å². The number of benzene rings is 1. The number of carbonyl (C=O) groups is 1. The first-order valence-corrected chi connectivity index (χ1v) is 7.89. The van der Waals surface area contributed by atoms with Gasteiger partial charge in [-0.15, -0.1) is 0 Å². The van der Waals surface area contributed by atoms with Gasteiger partial charge in [0.1, 0.15) is 5.75 Å². The Labute approximate surface area is 123 Å². The monoisotopic (exact) mass is 324 g/mol. The minimum Gasteiger partial charge on any atom is -0.492 e. The maximum atomic E-state index is 11.3. The quantitative estimate of drug-likeness (QED) is 0.575. The Kier molecular flexibility index (Phi) is 5.44. The summed E-state index contributed by atoms with van der Waals surface area (Å²) in [6.07, 6.45) is 7.96. The fourth-order valence-electron chi connectivity index (χ4n) is 2.58. The lowest BCUT2D eigenvalue weighted by Gasteiger charge is -2.16. The molecular weight excluding hydrogens is 304 g/mol. The molecule has 1 fully saturated rings. The Bertz CT molecular complexity index is 434. The normalized spacial score (nSPS) is 16.9. The minimum atomic E-state index is 0.0796. The molecule has 2 rings (SSSR count). The summed E-state index contributed by atoms with van der Waals surface area (Å²) in [6.45, 7) is 2.37. The lowest BCUT2D eigenvalue weighted by atomic mass is 10.0. The van der Waals surface area contributed by atoms with Crippen LogP contribution in [0.3, 0.4) is 0 Å². The van der Waals surface area contributed by atoms with Crippen LogP contribution in [0.5, 0.6) is 5.75 Å². The summed E-state index contributed by atoms with van der Waals surface area (Å²) in [5.74, 6) is 1.60. The number of carbonyl (C=O) groups excluding carboxylic acids is 1. The number of ketones is 1. The van der Waals surface area contributed by atoms with E-state index >= 15 is 0 Å². The molecule has 1 aliphatic rings. The van der Waals surface area contributed by atoms with Crippen molar-refractivity contribution in [3.8, 4) is 5.75 Å². The molecule has 0 unspecified atom stereocenters. The first kappa shape index (κ1) is 14.6. The molecule has 0 radical (unpaired) electrons. The molecule has 0 bridgehead atoms. The highest BCUT2D eigenvalue weighted by atomic mass is 79.9. The van der Waals surface area contributed by atoms with Gasteiger partial charge in [0.25, 0.3) is 0 Å². The van der Waals surface area contributed by atoms with Crippen LogP contribution in [-0.4, -0.2) is 12.4 Å². The van der Waals surface area contributed by atoms with E-state index in [1.165, 1.54) is 38.5 Å². The second kappa shape index (κ2) is 7.09. The van der Waals surface area contributed by atoms with Crippen LogP contribution in [0, 0.1) is 5.92 Å². The van der Waals surface area contributed by atoms with Gasteiger partial charge in [0, 0.05) is 5.56 Å². The summed E-state index contributed by atoms with van der Waals surface area (Å²) in [5, 5.41) is 0. The van der Waals surface area contributed by atoms with Crippen LogP contribution in [0.2, 0.25) is 0 Å².